The Hall–Kier alpha value is -3.83. The maximum atomic E-state index is 12.6. The predicted octanol–water partition coefficient (Wildman–Crippen LogP) is 3.81. The molecule has 0 spiro atoms. The van der Waals surface area contributed by atoms with E-state index in [0.717, 1.165) is 30.6 Å². The SMILES string of the molecule is COC(=O)N1c2ccc(/C(C=N)=C/NC3CNC3)c(Oc3ccccc3C#N)c2CC[C@@H]1C. The Morgan fingerprint density at radius 2 is 2.09 bits per heavy atom. The summed E-state index contributed by atoms with van der Waals surface area (Å²) >= 11 is 0. The Kier molecular flexibility index (Phi) is 6.61. The van der Waals surface area contributed by atoms with Gasteiger partial charge >= 0.3 is 6.09 Å². The number of anilines is 1. The van der Waals surface area contributed by atoms with Crippen molar-refractivity contribution in [1.82, 2.24) is 10.6 Å². The smallest absolute Gasteiger partial charge is 0.414 e. The largest absolute Gasteiger partial charge is 0.455 e. The van der Waals surface area contributed by atoms with E-state index in [1.54, 1.807) is 23.1 Å². The van der Waals surface area contributed by atoms with Gasteiger partial charge in [0.05, 0.1) is 24.4 Å². The Bertz CT molecular complexity index is 1130. The molecule has 0 bridgehead atoms. The molecule has 1 atom stereocenters. The molecule has 0 unspecified atom stereocenters. The second-order valence-electron chi connectivity index (χ2n) is 8.14. The van der Waals surface area contributed by atoms with Crippen LogP contribution in [0.3, 0.4) is 0 Å². The third kappa shape index (κ3) is 4.41. The van der Waals surface area contributed by atoms with Crippen molar-refractivity contribution in [3.63, 3.8) is 0 Å². The fourth-order valence-corrected chi connectivity index (χ4v) is 4.09. The summed E-state index contributed by atoms with van der Waals surface area (Å²) in [6, 6.07) is 13.2. The molecule has 2 aromatic carbocycles. The molecule has 0 saturated carbocycles. The van der Waals surface area contributed by atoms with Crippen molar-refractivity contribution < 1.29 is 14.3 Å². The first-order chi connectivity index (χ1) is 16.1. The van der Waals surface area contributed by atoms with E-state index >= 15 is 0 Å². The summed E-state index contributed by atoms with van der Waals surface area (Å²) < 4.78 is 11.4. The van der Waals surface area contributed by atoms with Crippen LogP contribution in [0.25, 0.3) is 5.57 Å². The maximum Gasteiger partial charge on any atom is 0.414 e. The molecule has 33 heavy (non-hydrogen) atoms. The van der Waals surface area contributed by atoms with Crippen molar-refractivity contribution in [3.8, 4) is 17.6 Å². The molecule has 2 aliphatic heterocycles. The number of hydrogen-bond donors (Lipinski definition) is 3. The van der Waals surface area contributed by atoms with E-state index in [1.165, 1.54) is 13.3 Å². The number of carbonyl (C=O) groups excluding carboxylic acids is 1. The zero-order valence-corrected chi connectivity index (χ0v) is 18.7. The van der Waals surface area contributed by atoms with Crippen molar-refractivity contribution in [2.75, 3.05) is 25.1 Å². The molecular formula is C25H27N5O3. The highest BCUT2D eigenvalue weighted by molar-refractivity contribution is 6.10. The van der Waals surface area contributed by atoms with E-state index in [9.17, 15) is 10.1 Å². The highest BCUT2D eigenvalue weighted by Gasteiger charge is 2.32. The highest BCUT2D eigenvalue weighted by Crippen LogP contribution is 2.43. The first-order valence-electron chi connectivity index (χ1n) is 10.9. The molecule has 2 aromatic rings. The van der Waals surface area contributed by atoms with E-state index in [0.29, 0.717) is 40.8 Å². The van der Waals surface area contributed by atoms with E-state index in [1.807, 2.05) is 31.3 Å². The molecular weight excluding hydrogens is 418 g/mol. The number of nitrogens with zero attached hydrogens (tertiary/aromatic N) is 2. The topological polar surface area (TPSA) is 110 Å². The minimum Gasteiger partial charge on any atom is -0.455 e. The molecule has 1 saturated heterocycles. The molecule has 170 valence electrons. The van der Waals surface area contributed by atoms with Crippen LogP contribution in [0.5, 0.6) is 11.5 Å². The number of carbonyl (C=O) groups is 1. The lowest BCUT2D eigenvalue weighted by molar-refractivity contribution is 0.175. The first kappa shape index (κ1) is 22.4. The summed E-state index contributed by atoms with van der Waals surface area (Å²) in [4.78, 5) is 14.2. The number of fused-ring (bicyclic) bond motifs is 1. The first-order valence-corrected chi connectivity index (χ1v) is 10.9. The van der Waals surface area contributed by atoms with E-state index in [2.05, 4.69) is 16.7 Å². The second kappa shape index (κ2) is 9.76. The summed E-state index contributed by atoms with van der Waals surface area (Å²) in [6.45, 7) is 3.73. The van der Waals surface area contributed by atoms with Gasteiger partial charge in [0.2, 0.25) is 0 Å². The molecule has 4 rings (SSSR count). The van der Waals surface area contributed by atoms with Gasteiger partial charge in [0, 0.05) is 48.2 Å². The van der Waals surface area contributed by atoms with Gasteiger partial charge in [0.1, 0.15) is 17.6 Å². The van der Waals surface area contributed by atoms with Crippen molar-refractivity contribution >= 4 is 23.6 Å². The Morgan fingerprint density at radius 3 is 2.76 bits per heavy atom. The zero-order valence-electron chi connectivity index (χ0n) is 18.7. The number of methoxy groups -OCH3 is 1. The van der Waals surface area contributed by atoms with Gasteiger partial charge in [-0.05, 0) is 44.0 Å². The van der Waals surface area contributed by atoms with Crippen LogP contribution in [0.15, 0.2) is 42.6 Å². The summed E-state index contributed by atoms with van der Waals surface area (Å²) in [7, 11) is 1.37. The van der Waals surface area contributed by atoms with Crippen molar-refractivity contribution in [3.05, 3.63) is 59.3 Å². The minimum atomic E-state index is -0.429. The Balaban J connectivity index is 1.85. The second-order valence-corrected chi connectivity index (χ2v) is 8.14. The quantitative estimate of drug-likeness (QED) is 0.583. The van der Waals surface area contributed by atoms with E-state index in [4.69, 9.17) is 14.9 Å². The van der Waals surface area contributed by atoms with Gasteiger partial charge < -0.3 is 25.5 Å². The number of ether oxygens (including phenoxy) is 2. The fourth-order valence-electron chi connectivity index (χ4n) is 4.09. The number of para-hydroxylation sites is 1. The average Bonchev–Trinajstić information content (AvgIpc) is 2.81. The number of amides is 1. The summed E-state index contributed by atoms with van der Waals surface area (Å²) in [6.07, 6.45) is 4.10. The lowest BCUT2D eigenvalue weighted by Crippen LogP contribution is -2.53. The molecule has 2 heterocycles. The molecule has 3 N–H and O–H groups in total. The van der Waals surface area contributed by atoms with Crippen molar-refractivity contribution in [1.29, 1.82) is 10.7 Å². The Morgan fingerprint density at radius 1 is 1.30 bits per heavy atom. The lowest BCUT2D eigenvalue weighted by Gasteiger charge is -2.35. The van der Waals surface area contributed by atoms with Crippen LogP contribution in [-0.2, 0) is 11.2 Å². The Labute approximate surface area is 193 Å². The van der Waals surface area contributed by atoms with Gasteiger partial charge in [-0.1, -0.05) is 12.1 Å². The van der Waals surface area contributed by atoms with Gasteiger partial charge in [-0.3, -0.25) is 4.90 Å². The molecule has 0 aliphatic carbocycles. The van der Waals surface area contributed by atoms with E-state index in [-0.39, 0.29) is 6.04 Å². The van der Waals surface area contributed by atoms with E-state index < -0.39 is 6.09 Å². The maximum absolute atomic E-state index is 12.6. The van der Waals surface area contributed by atoms with Crippen LogP contribution in [0.4, 0.5) is 10.5 Å². The van der Waals surface area contributed by atoms with Gasteiger partial charge in [-0.25, -0.2) is 4.79 Å². The highest BCUT2D eigenvalue weighted by atomic mass is 16.5. The van der Waals surface area contributed by atoms with Crippen LogP contribution >= 0.6 is 0 Å². The average molecular weight is 446 g/mol. The number of hydrogen-bond acceptors (Lipinski definition) is 7. The van der Waals surface area contributed by atoms with Crippen LogP contribution < -0.4 is 20.3 Å². The number of rotatable bonds is 6. The van der Waals surface area contributed by atoms with Crippen LogP contribution in [0, 0.1) is 16.7 Å². The van der Waals surface area contributed by atoms with Crippen molar-refractivity contribution in [2.24, 2.45) is 0 Å². The van der Waals surface area contributed by atoms with Gasteiger partial charge in [-0.15, -0.1) is 0 Å². The number of allylic oxidation sites excluding steroid dienone is 1. The number of nitrogens with one attached hydrogen (secondary N) is 3. The molecule has 1 fully saturated rings. The van der Waals surface area contributed by atoms with Crippen molar-refractivity contribution in [2.45, 2.75) is 31.8 Å². The molecule has 0 radical (unpaired) electrons. The molecule has 0 aromatic heterocycles. The van der Waals surface area contributed by atoms with Gasteiger partial charge in [0.15, 0.2) is 0 Å². The number of benzene rings is 2. The standard InChI is InChI=1S/C25H27N5O3/c1-16-7-8-21-22(30(16)25(31)32-2)10-9-20(18(12-27)13-29-19-14-28-15-19)24(21)33-23-6-4-3-5-17(23)11-26/h3-6,9-10,12-13,16,19,27-29H,7-8,14-15H2,1-2H3/b18-13+,27-12?/t16-/m0/s1. The third-order valence-electron chi connectivity index (χ3n) is 6.06. The summed E-state index contributed by atoms with van der Waals surface area (Å²) in [5, 5.41) is 24.1. The number of nitriles is 1. The summed E-state index contributed by atoms with van der Waals surface area (Å²) in [5.41, 5.74) is 3.35. The molecule has 1 amide bonds. The van der Waals surface area contributed by atoms with Crippen LogP contribution in [0.2, 0.25) is 0 Å². The monoisotopic (exact) mass is 445 g/mol. The van der Waals surface area contributed by atoms with Gasteiger partial charge in [0.25, 0.3) is 0 Å². The predicted molar refractivity (Wildman–Crippen MR) is 127 cm³/mol. The van der Waals surface area contributed by atoms with Crippen LogP contribution in [-0.4, -0.2) is 44.6 Å². The van der Waals surface area contributed by atoms with Gasteiger partial charge in [-0.2, -0.15) is 5.26 Å². The zero-order chi connectivity index (χ0) is 23.4. The fraction of sp³-hybridized carbons (Fsp3) is 0.320. The minimum absolute atomic E-state index is 0.0272. The third-order valence-corrected chi connectivity index (χ3v) is 6.06. The van der Waals surface area contributed by atoms with Crippen LogP contribution in [0.1, 0.15) is 30.0 Å². The molecule has 2 aliphatic rings. The summed E-state index contributed by atoms with van der Waals surface area (Å²) in [5.74, 6) is 0.970. The molecule has 8 nitrogen and oxygen atoms in total. The lowest BCUT2D eigenvalue weighted by atomic mass is 9.92. The normalized spacial score (nSPS) is 17.9. The molecule has 8 heteroatoms.